The van der Waals surface area contributed by atoms with E-state index in [1.54, 1.807) is 6.92 Å². The molecule has 1 saturated heterocycles. The average Bonchev–Trinajstić information content (AvgIpc) is 2.39. The number of piperidine rings is 1. The second kappa shape index (κ2) is 7.18. The number of nitrogens with one attached hydrogen (secondary N) is 2. The van der Waals surface area contributed by atoms with Gasteiger partial charge in [-0.3, -0.25) is 4.79 Å². The van der Waals surface area contributed by atoms with Crippen LogP contribution >= 0.6 is 12.4 Å². The zero-order valence-electron chi connectivity index (χ0n) is 12.2. The largest absolute Gasteiger partial charge is 0.349 e. The molecule has 2 rings (SSSR count). The Morgan fingerprint density at radius 3 is 2.52 bits per heavy atom. The number of benzene rings is 1. The molecule has 0 radical (unpaired) electrons. The lowest BCUT2D eigenvalue weighted by Gasteiger charge is -2.33. The fourth-order valence-electron chi connectivity index (χ4n) is 2.62. The highest BCUT2D eigenvalue weighted by Crippen LogP contribution is 2.28. The third kappa shape index (κ3) is 3.92. The van der Waals surface area contributed by atoms with E-state index in [9.17, 15) is 13.6 Å². The van der Waals surface area contributed by atoms with E-state index in [4.69, 9.17) is 0 Å². The van der Waals surface area contributed by atoms with Crippen molar-refractivity contribution in [2.24, 2.45) is 5.41 Å². The van der Waals surface area contributed by atoms with Crippen LogP contribution in [0.25, 0.3) is 0 Å². The molecule has 0 saturated carbocycles. The minimum absolute atomic E-state index is 0. The van der Waals surface area contributed by atoms with E-state index in [2.05, 4.69) is 10.6 Å². The van der Waals surface area contributed by atoms with Gasteiger partial charge in [0.25, 0.3) is 0 Å². The van der Waals surface area contributed by atoms with Crippen molar-refractivity contribution in [1.82, 2.24) is 10.6 Å². The molecule has 1 fully saturated rings. The van der Waals surface area contributed by atoms with Crippen LogP contribution in [0.2, 0.25) is 0 Å². The van der Waals surface area contributed by atoms with Crippen molar-refractivity contribution < 1.29 is 13.6 Å². The number of carbonyl (C=O) groups excluding carboxylic acids is 1. The second-order valence-corrected chi connectivity index (χ2v) is 5.67. The molecule has 2 unspecified atom stereocenters. The standard InChI is InChI=1S/C15H20F2N2O.ClH/c1-10(13-11(16)5-3-6-12(13)17)19-14(20)15(2)7-4-8-18-9-15;/h3,5-6,10,18H,4,7-9H2,1-2H3,(H,19,20);1H. The van der Waals surface area contributed by atoms with Gasteiger partial charge in [0.15, 0.2) is 0 Å². The molecule has 6 heteroatoms. The first-order valence-corrected chi connectivity index (χ1v) is 6.90. The van der Waals surface area contributed by atoms with Gasteiger partial charge in [0, 0.05) is 12.1 Å². The number of hydrogen-bond acceptors (Lipinski definition) is 2. The summed E-state index contributed by atoms with van der Waals surface area (Å²) in [7, 11) is 0. The van der Waals surface area contributed by atoms with Gasteiger partial charge in [0.1, 0.15) is 11.6 Å². The smallest absolute Gasteiger partial charge is 0.227 e. The molecule has 1 aromatic carbocycles. The summed E-state index contributed by atoms with van der Waals surface area (Å²) in [4.78, 5) is 12.3. The van der Waals surface area contributed by atoms with Crippen molar-refractivity contribution >= 4 is 18.3 Å². The lowest BCUT2D eigenvalue weighted by Crippen LogP contribution is -2.49. The van der Waals surface area contributed by atoms with Gasteiger partial charge in [-0.1, -0.05) is 6.07 Å². The Bertz CT molecular complexity index is 484. The van der Waals surface area contributed by atoms with Crippen LogP contribution in [0.5, 0.6) is 0 Å². The van der Waals surface area contributed by atoms with E-state index in [0.717, 1.165) is 19.4 Å². The zero-order valence-corrected chi connectivity index (χ0v) is 13.0. The van der Waals surface area contributed by atoms with Gasteiger partial charge >= 0.3 is 0 Å². The van der Waals surface area contributed by atoms with Crippen LogP contribution in [0.1, 0.15) is 38.3 Å². The van der Waals surface area contributed by atoms with Crippen LogP contribution in [-0.2, 0) is 4.79 Å². The molecule has 118 valence electrons. The molecule has 1 aliphatic heterocycles. The summed E-state index contributed by atoms with van der Waals surface area (Å²) in [6.45, 7) is 4.96. The summed E-state index contributed by atoms with van der Waals surface area (Å²) >= 11 is 0. The van der Waals surface area contributed by atoms with E-state index in [1.807, 2.05) is 6.92 Å². The van der Waals surface area contributed by atoms with E-state index in [1.165, 1.54) is 18.2 Å². The van der Waals surface area contributed by atoms with Crippen LogP contribution < -0.4 is 10.6 Å². The van der Waals surface area contributed by atoms with Gasteiger partial charge in [0.2, 0.25) is 5.91 Å². The zero-order chi connectivity index (χ0) is 14.8. The van der Waals surface area contributed by atoms with Crippen LogP contribution in [-0.4, -0.2) is 19.0 Å². The summed E-state index contributed by atoms with van der Waals surface area (Å²) in [6.07, 6.45) is 1.70. The maximum Gasteiger partial charge on any atom is 0.227 e. The Balaban J connectivity index is 0.00000220. The van der Waals surface area contributed by atoms with Crippen molar-refractivity contribution in [1.29, 1.82) is 0 Å². The normalized spacial score (nSPS) is 23.0. The molecule has 0 aromatic heterocycles. The van der Waals surface area contributed by atoms with Crippen LogP contribution in [0.4, 0.5) is 8.78 Å². The molecule has 2 atom stereocenters. The number of halogens is 3. The average molecular weight is 319 g/mol. The van der Waals surface area contributed by atoms with E-state index in [0.29, 0.717) is 6.54 Å². The first-order chi connectivity index (χ1) is 9.44. The van der Waals surface area contributed by atoms with Crippen molar-refractivity contribution in [3.63, 3.8) is 0 Å². The maximum atomic E-state index is 13.7. The Hall–Kier alpha value is -1.20. The fourth-order valence-corrected chi connectivity index (χ4v) is 2.62. The monoisotopic (exact) mass is 318 g/mol. The molecule has 0 spiro atoms. The fraction of sp³-hybridized carbons (Fsp3) is 0.533. The topological polar surface area (TPSA) is 41.1 Å². The van der Waals surface area contributed by atoms with E-state index < -0.39 is 23.1 Å². The minimum Gasteiger partial charge on any atom is -0.349 e. The van der Waals surface area contributed by atoms with Crippen LogP contribution in [0, 0.1) is 17.0 Å². The Morgan fingerprint density at radius 2 is 2.00 bits per heavy atom. The van der Waals surface area contributed by atoms with Gasteiger partial charge in [-0.05, 0) is 45.4 Å². The maximum absolute atomic E-state index is 13.7. The van der Waals surface area contributed by atoms with Crippen LogP contribution in [0.3, 0.4) is 0 Å². The summed E-state index contributed by atoms with van der Waals surface area (Å²) < 4.78 is 27.4. The molecule has 1 aromatic rings. The summed E-state index contributed by atoms with van der Waals surface area (Å²) in [5.41, 5.74) is -0.609. The third-order valence-corrected chi connectivity index (χ3v) is 3.93. The molecule has 2 N–H and O–H groups in total. The van der Waals surface area contributed by atoms with Crippen molar-refractivity contribution in [3.8, 4) is 0 Å². The predicted molar refractivity (Wildman–Crippen MR) is 80.4 cm³/mol. The SMILES string of the molecule is CC(NC(=O)C1(C)CCCNC1)c1c(F)cccc1F.Cl. The molecule has 0 bridgehead atoms. The summed E-state index contributed by atoms with van der Waals surface area (Å²) in [6, 6.07) is 3.02. The molecule has 1 amide bonds. The number of rotatable bonds is 3. The highest BCUT2D eigenvalue weighted by Gasteiger charge is 2.35. The number of amides is 1. The van der Waals surface area contributed by atoms with Gasteiger partial charge in [0.05, 0.1) is 11.5 Å². The van der Waals surface area contributed by atoms with Gasteiger partial charge in [-0.15, -0.1) is 12.4 Å². The summed E-state index contributed by atoms with van der Waals surface area (Å²) in [5.74, 6) is -1.44. The first kappa shape index (κ1) is 17.9. The molecular formula is C15H21ClF2N2O. The second-order valence-electron chi connectivity index (χ2n) is 5.67. The third-order valence-electron chi connectivity index (χ3n) is 3.93. The van der Waals surface area contributed by atoms with Gasteiger partial charge < -0.3 is 10.6 Å². The molecule has 21 heavy (non-hydrogen) atoms. The Morgan fingerprint density at radius 1 is 1.38 bits per heavy atom. The molecule has 1 heterocycles. The van der Waals surface area contributed by atoms with Gasteiger partial charge in [-0.2, -0.15) is 0 Å². The van der Waals surface area contributed by atoms with Crippen molar-refractivity contribution in [3.05, 3.63) is 35.4 Å². The molecule has 3 nitrogen and oxygen atoms in total. The molecule has 0 aliphatic carbocycles. The van der Waals surface area contributed by atoms with Crippen molar-refractivity contribution in [2.45, 2.75) is 32.7 Å². The lowest BCUT2D eigenvalue weighted by molar-refractivity contribution is -0.131. The lowest BCUT2D eigenvalue weighted by atomic mass is 9.81. The highest BCUT2D eigenvalue weighted by molar-refractivity contribution is 5.85. The Kier molecular flexibility index (Phi) is 6.10. The predicted octanol–water partition coefficient (Wildman–Crippen LogP) is 2.95. The highest BCUT2D eigenvalue weighted by atomic mass is 35.5. The quantitative estimate of drug-likeness (QED) is 0.899. The van der Waals surface area contributed by atoms with Crippen molar-refractivity contribution in [2.75, 3.05) is 13.1 Å². The van der Waals surface area contributed by atoms with E-state index in [-0.39, 0.29) is 23.9 Å². The molecular weight excluding hydrogens is 298 g/mol. The molecule has 1 aliphatic rings. The van der Waals surface area contributed by atoms with Crippen LogP contribution in [0.15, 0.2) is 18.2 Å². The summed E-state index contributed by atoms with van der Waals surface area (Å²) in [5, 5.41) is 5.91. The number of carbonyl (C=O) groups is 1. The van der Waals surface area contributed by atoms with E-state index >= 15 is 0 Å². The first-order valence-electron chi connectivity index (χ1n) is 6.90. The minimum atomic E-state index is -0.692. The number of hydrogen-bond donors (Lipinski definition) is 2. The van der Waals surface area contributed by atoms with Gasteiger partial charge in [-0.25, -0.2) is 8.78 Å². The Labute approximate surface area is 129 Å².